The Morgan fingerprint density at radius 3 is 2.00 bits per heavy atom. The van der Waals surface area contributed by atoms with Crippen molar-refractivity contribution in [2.45, 2.75) is 58.2 Å². The summed E-state index contributed by atoms with van der Waals surface area (Å²) in [6.45, 7) is 9.60. The Kier molecular flexibility index (Phi) is 6.45. The van der Waals surface area contributed by atoms with Gasteiger partial charge in [0.15, 0.2) is 0 Å². The van der Waals surface area contributed by atoms with Gasteiger partial charge in [0.2, 0.25) is 11.8 Å². The van der Waals surface area contributed by atoms with E-state index in [1.165, 1.54) is 6.92 Å². The van der Waals surface area contributed by atoms with Gasteiger partial charge >= 0.3 is 0 Å². The number of nitrogens with one attached hydrogen (secondary N) is 3. The van der Waals surface area contributed by atoms with Crippen LogP contribution in [0.25, 0.3) is 0 Å². The van der Waals surface area contributed by atoms with E-state index in [2.05, 4.69) is 16.0 Å². The molecular formula is C13H28N4O2. The average Bonchev–Trinajstić information content (AvgIpc) is 2.12. The Hall–Kier alpha value is -1.14. The Morgan fingerprint density at radius 1 is 1.11 bits per heavy atom. The summed E-state index contributed by atoms with van der Waals surface area (Å²) >= 11 is 0. The molecule has 0 aliphatic rings. The highest BCUT2D eigenvalue weighted by Crippen LogP contribution is 2.19. The number of rotatable bonds is 7. The van der Waals surface area contributed by atoms with Crippen LogP contribution in [-0.2, 0) is 9.59 Å². The molecule has 0 bridgehead atoms. The number of nitrogens with two attached hydrogens (primary N) is 1. The molecule has 0 spiro atoms. The van der Waals surface area contributed by atoms with E-state index in [0.29, 0.717) is 13.0 Å². The number of carbonyl (C=O) groups is 2. The monoisotopic (exact) mass is 272 g/mol. The Labute approximate surface area is 115 Å². The summed E-state index contributed by atoms with van der Waals surface area (Å²) < 4.78 is 0. The molecule has 6 nitrogen and oxygen atoms in total. The molecule has 112 valence electrons. The fourth-order valence-corrected chi connectivity index (χ4v) is 2.41. The first-order valence-corrected chi connectivity index (χ1v) is 6.50. The lowest BCUT2D eigenvalue weighted by atomic mass is 9.86. The van der Waals surface area contributed by atoms with Crippen molar-refractivity contribution in [1.82, 2.24) is 16.0 Å². The summed E-state index contributed by atoms with van der Waals surface area (Å²) in [5.74, 6) is -0.281. The highest BCUT2D eigenvalue weighted by Gasteiger charge is 2.31. The Balaban J connectivity index is 4.54. The molecule has 0 fully saturated rings. The average molecular weight is 272 g/mol. The topological polar surface area (TPSA) is 96.2 Å². The van der Waals surface area contributed by atoms with Gasteiger partial charge in [-0.25, -0.2) is 0 Å². The van der Waals surface area contributed by atoms with Crippen LogP contribution in [0.1, 0.15) is 41.0 Å². The van der Waals surface area contributed by atoms with Crippen LogP contribution in [-0.4, -0.2) is 42.5 Å². The zero-order valence-electron chi connectivity index (χ0n) is 12.9. The summed E-state index contributed by atoms with van der Waals surface area (Å²) in [7, 11) is 1.75. The molecule has 0 heterocycles. The van der Waals surface area contributed by atoms with Crippen LogP contribution in [0.5, 0.6) is 0 Å². The zero-order valence-corrected chi connectivity index (χ0v) is 12.9. The molecule has 0 aliphatic carbocycles. The summed E-state index contributed by atoms with van der Waals surface area (Å²) in [5.41, 5.74) is 4.89. The second-order valence-electron chi connectivity index (χ2n) is 6.28. The van der Waals surface area contributed by atoms with Gasteiger partial charge in [0.05, 0.1) is 6.04 Å². The van der Waals surface area contributed by atoms with Crippen LogP contribution in [0.3, 0.4) is 0 Å². The molecule has 19 heavy (non-hydrogen) atoms. The first kappa shape index (κ1) is 17.9. The minimum atomic E-state index is -0.576. The van der Waals surface area contributed by atoms with E-state index in [9.17, 15) is 9.59 Å². The van der Waals surface area contributed by atoms with Gasteiger partial charge in [-0.2, -0.15) is 0 Å². The number of hydrogen-bond donors (Lipinski definition) is 4. The second-order valence-corrected chi connectivity index (χ2v) is 6.28. The zero-order chi connectivity index (χ0) is 15.3. The van der Waals surface area contributed by atoms with Crippen molar-refractivity contribution in [3.63, 3.8) is 0 Å². The predicted octanol–water partition coefficient (Wildman–Crippen LogP) is -0.267. The quantitative estimate of drug-likeness (QED) is 0.513. The SMILES string of the molecule is CNCC(N)C(=O)NC(C)(C)CC(C)(C)NC(C)=O. The predicted molar refractivity (Wildman–Crippen MR) is 76.6 cm³/mol. The molecule has 0 aromatic heterocycles. The van der Waals surface area contributed by atoms with Crippen molar-refractivity contribution in [2.75, 3.05) is 13.6 Å². The maximum absolute atomic E-state index is 11.9. The van der Waals surface area contributed by atoms with E-state index in [-0.39, 0.29) is 11.8 Å². The van der Waals surface area contributed by atoms with Crippen LogP contribution in [0.2, 0.25) is 0 Å². The highest BCUT2D eigenvalue weighted by atomic mass is 16.2. The van der Waals surface area contributed by atoms with Gasteiger partial charge in [-0.15, -0.1) is 0 Å². The molecule has 0 radical (unpaired) electrons. The lowest BCUT2D eigenvalue weighted by molar-refractivity contribution is -0.124. The number of carbonyl (C=O) groups excluding carboxylic acids is 2. The third-order valence-electron chi connectivity index (χ3n) is 2.62. The summed E-state index contributed by atoms with van der Waals surface area (Å²) in [6.07, 6.45) is 0.609. The van der Waals surface area contributed by atoms with E-state index in [0.717, 1.165) is 0 Å². The van der Waals surface area contributed by atoms with Crippen LogP contribution >= 0.6 is 0 Å². The molecule has 0 rings (SSSR count). The van der Waals surface area contributed by atoms with Crippen LogP contribution < -0.4 is 21.7 Å². The number of likely N-dealkylation sites (N-methyl/N-ethyl adjacent to an activating group) is 1. The fraction of sp³-hybridized carbons (Fsp3) is 0.846. The smallest absolute Gasteiger partial charge is 0.238 e. The molecule has 0 saturated heterocycles. The lowest BCUT2D eigenvalue weighted by Crippen LogP contribution is -2.57. The molecule has 0 aromatic carbocycles. The lowest BCUT2D eigenvalue weighted by Gasteiger charge is -2.36. The summed E-state index contributed by atoms with van der Waals surface area (Å²) in [6, 6.07) is -0.576. The van der Waals surface area contributed by atoms with Gasteiger partial charge < -0.3 is 21.7 Å². The third kappa shape index (κ3) is 7.79. The van der Waals surface area contributed by atoms with Crippen LogP contribution in [0, 0.1) is 0 Å². The molecule has 1 atom stereocenters. The molecule has 6 heteroatoms. The first-order valence-electron chi connectivity index (χ1n) is 6.50. The van der Waals surface area contributed by atoms with Crippen molar-refractivity contribution >= 4 is 11.8 Å². The largest absolute Gasteiger partial charge is 0.351 e. The van der Waals surface area contributed by atoms with E-state index in [4.69, 9.17) is 5.73 Å². The maximum atomic E-state index is 11.9. The second kappa shape index (κ2) is 6.86. The molecular weight excluding hydrogens is 244 g/mol. The normalized spacial score (nSPS) is 13.8. The summed E-state index contributed by atoms with van der Waals surface area (Å²) in [4.78, 5) is 23.0. The molecule has 2 amide bonds. The van der Waals surface area contributed by atoms with Crippen molar-refractivity contribution in [1.29, 1.82) is 0 Å². The number of amides is 2. The summed E-state index contributed by atoms with van der Waals surface area (Å²) in [5, 5.41) is 8.65. The van der Waals surface area contributed by atoms with Gasteiger partial charge in [0.1, 0.15) is 0 Å². The first-order chi connectivity index (χ1) is 8.49. The van der Waals surface area contributed by atoms with Gasteiger partial charge in [-0.1, -0.05) is 0 Å². The standard InChI is InChI=1S/C13H28N4O2/c1-9(18)16-12(2,3)8-13(4,5)17-11(19)10(14)7-15-6/h10,15H,7-8,14H2,1-6H3,(H,16,18)(H,17,19). The van der Waals surface area contributed by atoms with Crippen LogP contribution in [0.15, 0.2) is 0 Å². The van der Waals surface area contributed by atoms with Crippen LogP contribution in [0.4, 0.5) is 0 Å². The fourth-order valence-electron chi connectivity index (χ4n) is 2.41. The van der Waals surface area contributed by atoms with Crippen molar-refractivity contribution in [2.24, 2.45) is 5.73 Å². The van der Waals surface area contributed by atoms with Crippen molar-refractivity contribution in [3.05, 3.63) is 0 Å². The van der Waals surface area contributed by atoms with E-state index in [1.54, 1.807) is 7.05 Å². The van der Waals surface area contributed by atoms with Crippen molar-refractivity contribution < 1.29 is 9.59 Å². The Bertz CT molecular complexity index is 327. The van der Waals surface area contributed by atoms with Crippen molar-refractivity contribution in [3.8, 4) is 0 Å². The molecule has 1 unspecified atom stereocenters. The third-order valence-corrected chi connectivity index (χ3v) is 2.62. The highest BCUT2D eigenvalue weighted by molar-refractivity contribution is 5.82. The Morgan fingerprint density at radius 2 is 1.58 bits per heavy atom. The molecule has 0 aliphatic heterocycles. The number of hydrogen-bond acceptors (Lipinski definition) is 4. The van der Waals surface area contributed by atoms with Gasteiger partial charge in [-0.3, -0.25) is 9.59 Å². The molecule has 5 N–H and O–H groups in total. The van der Waals surface area contributed by atoms with Gasteiger partial charge in [-0.05, 0) is 41.2 Å². The van der Waals surface area contributed by atoms with Gasteiger partial charge in [0, 0.05) is 24.5 Å². The van der Waals surface area contributed by atoms with E-state index in [1.807, 2.05) is 27.7 Å². The van der Waals surface area contributed by atoms with E-state index >= 15 is 0 Å². The minimum Gasteiger partial charge on any atom is -0.351 e. The molecule has 0 saturated carbocycles. The maximum Gasteiger partial charge on any atom is 0.238 e. The minimum absolute atomic E-state index is 0.0842. The van der Waals surface area contributed by atoms with Gasteiger partial charge in [0.25, 0.3) is 0 Å². The molecule has 0 aromatic rings. The van der Waals surface area contributed by atoms with E-state index < -0.39 is 17.1 Å².